The summed E-state index contributed by atoms with van der Waals surface area (Å²) in [6, 6.07) is 50.1. The van der Waals surface area contributed by atoms with E-state index >= 15 is 0 Å². The quantitative estimate of drug-likeness (QED) is 0.174. The number of nitrogens with zero attached hydrogens (tertiary/aromatic N) is 5. The summed E-state index contributed by atoms with van der Waals surface area (Å²) < 4.78 is 0. The molecule has 0 aliphatic heterocycles. The second-order valence-electron chi connectivity index (χ2n) is 10.6. The molecule has 0 saturated carbocycles. The zero-order valence-corrected chi connectivity index (χ0v) is 27.9. The van der Waals surface area contributed by atoms with Gasteiger partial charge in [-0.1, -0.05) is 138 Å². The van der Waals surface area contributed by atoms with Gasteiger partial charge in [0.25, 0.3) is 5.82 Å². The van der Waals surface area contributed by atoms with Crippen LogP contribution in [0.15, 0.2) is 146 Å². The summed E-state index contributed by atoms with van der Waals surface area (Å²) in [6.07, 6.45) is 0. The van der Waals surface area contributed by atoms with Gasteiger partial charge in [-0.05, 0) is 82.0 Å². The molecule has 224 valence electrons. The zero-order valence-electron chi connectivity index (χ0n) is 25.5. The van der Waals surface area contributed by atoms with E-state index in [0.717, 1.165) is 22.1 Å². The molecule has 2 heterocycles. The summed E-state index contributed by atoms with van der Waals surface area (Å²) in [5.41, 5.74) is 8.34. The van der Waals surface area contributed by atoms with Gasteiger partial charge < -0.3 is 17.0 Å². The van der Waals surface area contributed by atoms with Gasteiger partial charge in [-0.25, -0.2) is 0 Å². The van der Waals surface area contributed by atoms with Gasteiger partial charge in [0.1, 0.15) is 11.4 Å². The molecule has 5 aromatic carbocycles. The molecular formula is C38H34BrN5S. The van der Waals surface area contributed by atoms with Crippen LogP contribution in [-0.4, -0.2) is 20.0 Å². The average molecular weight is 673 g/mol. The molecule has 0 amide bonds. The predicted molar refractivity (Wildman–Crippen MR) is 178 cm³/mol. The molecule has 0 N–H and O–H groups in total. The number of hydrogen-bond donors (Lipinski definition) is 0. The maximum absolute atomic E-state index is 4.70. The lowest BCUT2D eigenvalue weighted by molar-refractivity contribution is -0.734. The molecule has 0 saturated heterocycles. The molecule has 0 atom stereocenters. The van der Waals surface area contributed by atoms with Crippen molar-refractivity contribution >= 4 is 11.3 Å². The maximum Gasteiger partial charge on any atom is 0.364 e. The van der Waals surface area contributed by atoms with Gasteiger partial charge in [0.05, 0.1) is 0 Å². The SMILES string of the molecule is Cc1ccccc1C(c1ccccc1)c1ccccc1.Cc1nc(-[n+]2nc(-c3ccccc3)nn2-c2ccccc2)sc1C.[Br-]. The number of benzene rings is 5. The summed E-state index contributed by atoms with van der Waals surface area (Å²) in [5, 5.41) is 10.2. The Balaban J connectivity index is 0.000000177. The van der Waals surface area contributed by atoms with Crippen molar-refractivity contribution < 1.29 is 21.8 Å². The van der Waals surface area contributed by atoms with Gasteiger partial charge in [0.15, 0.2) is 0 Å². The number of rotatable bonds is 6. The highest BCUT2D eigenvalue weighted by Gasteiger charge is 2.24. The van der Waals surface area contributed by atoms with Crippen molar-refractivity contribution in [1.29, 1.82) is 0 Å². The lowest BCUT2D eigenvalue weighted by Crippen LogP contribution is -3.00. The summed E-state index contributed by atoms with van der Waals surface area (Å²) in [4.78, 5) is 9.37. The second-order valence-corrected chi connectivity index (χ2v) is 11.7. The lowest BCUT2D eigenvalue weighted by Gasteiger charge is -2.20. The number of aryl methyl sites for hydroxylation is 3. The topological polar surface area (TPSA) is 47.5 Å². The number of hydrogen-bond acceptors (Lipinski definition) is 4. The van der Waals surface area contributed by atoms with Crippen molar-refractivity contribution in [3.63, 3.8) is 0 Å². The number of aromatic nitrogens is 5. The lowest BCUT2D eigenvalue weighted by atomic mass is 9.83. The Hall–Kier alpha value is -4.72. The first-order valence-corrected chi connectivity index (χ1v) is 15.5. The van der Waals surface area contributed by atoms with Crippen LogP contribution in [-0.2, 0) is 0 Å². The van der Waals surface area contributed by atoms with Crippen molar-refractivity contribution in [3.05, 3.63) is 178 Å². The summed E-state index contributed by atoms with van der Waals surface area (Å²) >= 11 is 1.61. The van der Waals surface area contributed by atoms with Crippen LogP contribution in [0, 0.1) is 20.8 Å². The minimum Gasteiger partial charge on any atom is -1.00 e. The maximum atomic E-state index is 4.70. The fourth-order valence-electron chi connectivity index (χ4n) is 5.13. The molecule has 5 nitrogen and oxygen atoms in total. The summed E-state index contributed by atoms with van der Waals surface area (Å²) in [7, 11) is 0. The van der Waals surface area contributed by atoms with Crippen LogP contribution in [0.1, 0.15) is 38.7 Å². The van der Waals surface area contributed by atoms with E-state index in [-0.39, 0.29) is 17.0 Å². The van der Waals surface area contributed by atoms with E-state index in [1.807, 2.05) is 67.6 Å². The molecule has 0 unspecified atom stereocenters. The highest BCUT2D eigenvalue weighted by molar-refractivity contribution is 7.13. The molecule has 0 spiro atoms. The van der Waals surface area contributed by atoms with Crippen molar-refractivity contribution in [1.82, 2.24) is 20.0 Å². The molecule has 7 rings (SSSR count). The number of tetrazole rings is 1. The van der Waals surface area contributed by atoms with E-state index in [1.165, 1.54) is 27.1 Å². The minimum atomic E-state index is 0. The van der Waals surface area contributed by atoms with E-state index in [1.54, 1.807) is 20.9 Å². The Kier molecular flexibility index (Phi) is 10.5. The average Bonchev–Trinajstić information content (AvgIpc) is 3.67. The van der Waals surface area contributed by atoms with Crippen LogP contribution >= 0.6 is 11.3 Å². The van der Waals surface area contributed by atoms with Gasteiger partial charge in [-0.3, -0.25) is 0 Å². The molecular weight excluding hydrogens is 638 g/mol. The minimum absolute atomic E-state index is 0. The Bertz CT molecular complexity index is 1880. The van der Waals surface area contributed by atoms with Crippen molar-refractivity contribution in [2.75, 3.05) is 0 Å². The molecule has 0 aliphatic rings. The third-order valence-electron chi connectivity index (χ3n) is 7.53. The van der Waals surface area contributed by atoms with Crippen LogP contribution in [0.4, 0.5) is 0 Å². The molecule has 45 heavy (non-hydrogen) atoms. The van der Waals surface area contributed by atoms with E-state index in [9.17, 15) is 0 Å². The van der Waals surface area contributed by atoms with E-state index in [4.69, 9.17) is 10.2 Å². The Morgan fingerprint density at radius 3 is 1.67 bits per heavy atom. The molecule has 0 bridgehead atoms. The Labute approximate surface area is 279 Å². The molecule has 7 heteroatoms. The van der Waals surface area contributed by atoms with Crippen molar-refractivity contribution in [2.24, 2.45) is 0 Å². The van der Waals surface area contributed by atoms with Gasteiger partial charge >= 0.3 is 5.13 Å². The highest BCUT2D eigenvalue weighted by atomic mass is 79.9. The monoisotopic (exact) mass is 671 g/mol. The van der Waals surface area contributed by atoms with E-state index in [2.05, 4.69) is 104 Å². The highest BCUT2D eigenvalue weighted by Crippen LogP contribution is 2.33. The largest absolute Gasteiger partial charge is 1.00 e. The van der Waals surface area contributed by atoms with Crippen LogP contribution in [0.5, 0.6) is 0 Å². The van der Waals surface area contributed by atoms with Crippen LogP contribution < -0.4 is 21.8 Å². The van der Waals surface area contributed by atoms with Crippen LogP contribution in [0.2, 0.25) is 0 Å². The third kappa shape index (κ3) is 7.33. The summed E-state index contributed by atoms with van der Waals surface area (Å²) in [6.45, 7) is 6.27. The zero-order chi connectivity index (χ0) is 30.3. The van der Waals surface area contributed by atoms with Crippen LogP contribution in [0.25, 0.3) is 22.2 Å². The second kappa shape index (κ2) is 14.8. The smallest absolute Gasteiger partial charge is 0.364 e. The van der Waals surface area contributed by atoms with Gasteiger partial charge in [0.2, 0.25) is 0 Å². The third-order valence-corrected chi connectivity index (χ3v) is 8.57. The number of thiazole rings is 1. The molecule has 0 radical (unpaired) electrons. The fourth-order valence-corrected chi connectivity index (χ4v) is 5.98. The van der Waals surface area contributed by atoms with Crippen LogP contribution in [0.3, 0.4) is 0 Å². The fraction of sp³-hybridized carbons (Fsp3) is 0.105. The Morgan fingerprint density at radius 2 is 1.13 bits per heavy atom. The van der Waals surface area contributed by atoms with Gasteiger partial charge in [0, 0.05) is 21.5 Å². The number of para-hydroxylation sites is 1. The first-order valence-electron chi connectivity index (χ1n) is 14.7. The van der Waals surface area contributed by atoms with Gasteiger partial charge in [-0.15, -0.1) is 0 Å². The normalized spacial score (nSPS) is 10.6. The van der Waals surface area contributed by atoms with Crippen molar-refractivity contribution in [3.8, 4) is 22.2 Å². The van der Waals surface area contributed by atoms with E-state index in [0.29, 0.717) is 11.7 Å². The predicted octanol–water partition coefficient (Wildman–Crippen LogP) is 5.46. The molecule has 0 fully saturated rings. The van der Waals surface area contributed by atoms with E-state index < -0.39 is 0 Å². The Morgan fingerprint density at radius 1 is 0.622 bits per heavy atom. The standard InChI is InChI=1S/C20H18.C18H16N5S.BrH/c1-16-10-8-9-15-19(16)20(17-11-4-2-5-12-17)18-13-6-3-7-14-18;1-13-14(2)24-18(19-13)23-21-17(15-9-5-3-6-10-15)20-22(23)16-11-7-4-8-12-16;/h2-15,20H,1H3;3-12H,1-2H3;1H/q;+1;/p-1. The molecule has 0 aliphatic carbocycles. The first-order chi connectivity index (χ1) is 21.6. The van der Waals surface area contributed by atoms with Crippen molar-refractivity contribution in [2.45, 2.75) is 26.7 Å². The number of halogens is 1. The summed E-state index contributed by atoms with van der Waals surface area (Å²) in [5.74, 6) is 0.976. The van der Waals surface area contributed by atoms with Gasteiger partial charge in [-0.2, -0.15) is 0 Å². The molecule has 2 aromatic heterocycles. The molecule has 7 aromatic rings. The first kappa shape index (κ1) is 31.7.